The summed E-state index contributed by atoms with van der Waals surface area (Å²) in [5, 5.41) is 11.3. The molecule has 2 aromatic rings. The van der Waals surface area contributed by atoms with E-state index in [0.29, 0.717) is 11.5 Å². The molecule has 0 aromatic heterocycles. The van der Waals surface area contributed by atoms with Gasteiger partial charge in [0.2, 0.25) is 5.60 Å². The van der Waals surface area contributed by atoms with Crippen LogP contribution < -0.4 is 0 Å². The van der Waals surface area contributed by atoms with Crippen LogP contribution in [0.2, 0.25) is 0 Å². The molecule has 3 aliphatic heterocycles. The summed E-state index contributed by atoms with van der Waals surface area (Å²) >= 11 is 0. The summed E-state index contributed by atoms with van der Waals surface area (Å²) in [6.45, 7) is 2.93. The van der Waals surface area contributed by atoms with Crippen molar-refractivity contribution < 1.29 is 14.6 Å². The van der Waals surface area contributed by atoms with Crippen LogP contribution in [-0.2, 0) is 15.1 Å². The number of hydrogen-bond donors (Lipinski definition) is 1. The third-order valence-electron chi connectivity index (χ3n) is 5.70. The molecule has 3 saturated heterocycles. The highest BCUT2D eigenvalue weighted by atomic mass is 16.6. The standard InChI is InChI=1S/C23H25NO3/c25-22(27-21-17-24-15-12-19(21)13-16-24)23(26,20-9-5-2-6-10-20)14-11-18-7-3-1-4-8-18/h1-11,14,19,21,26H,12-13,15-17H2/b14-11+. The Hall–Kier alpha value is -2.43. The van der Waals surface area contributed by atoms with Crippen molar-refractivity contribution in [1.29, 1.82) is 0 Å². The number of carbonyl (C=O) groups excluding carboxylic acids is 1. The zero-order valence-electron chi connectivity index (χ0n) is 15.3. The van der Waals surface area contributed by atoms with Gasteiger partial charge >= 0.3 is 5.97 Å². The Morgan fingerprint density at radius 2 is 1.67 bits per heavy atom. The second-order valence-electron chi connectivity index (χ2n) is 7.46. The van der Waals surface area contributed by atoms with Crippen LogP contribution in [0.3, 0.4) is 0 Å². The zero-order valence-corrected chi connectivity index (χ0v) is 15.3. The predicted molar refractivity (Wildman–Crippen MR) is 105 cm³/mol. The molecule has 2 atom stereocenters. The SMILES string of the molecule is O=C(OC1CN2CCC1CC2)C(O)(/C=C/c1ccccc1)c1ccccc1. The molecule has 3 aliphatic rings. The third kappa shape index (κ3) is 3.82. The van der Waals surface area contributed by atoms with E-state index in [1.54, 1.807) is 24.3 Å². The number of hydrogen-bond acceptors (Lipinski definition) is 4. The highest BCUT2D eigenvalue weighted by Gasteiger charge is 2.42. The van der Waals surface area contributed by atoms with Gasteiger partial charge in [-0.05, 0) is 49.1 Å². The molecule has 4 heteroatoms. The van der Waals surface area contributed by atoms with Crippen molar-refractivity contribution in [2.24, 2.45) is 5.92 Å². The van der Waals surface area contributed by atoms with Crippen molar-refractivity contribution in [1.82, 2.24) is 4.90 Å². The molecule has 4 nitrogen and oxygen atoms in total. The quantitative estimate of drug-likeness (QED) is 0.829. The van der Waals surface area contributed by atoms with Crippen LogP contribution in [0, 0.1) is 5.92 Å². The van der Waals surface area contributed by atoms with Crippen LogP contribution in [0.1, 0.15) is 24.0 Å². The molecule has 0 radical (unpaired) electrons. The lowest BCUT2D eigenvalue weighted by Crippen LogP contribution is -2.53. The lowest BCUT2D eigenvalue weighted by Gasteiger charge is -2.44. The van der Waals surface area contributed by atoms with Crippen molar-refractivity contribution in [3.05, 3.63) is 77.9 Å². The van der Waals surface area contributed by atoms with E-state index in [9.17, 15) is 9.90 Å². The van der Waals surface area contributed by atoms with Crippen LogP contribution in [-0.4, -0.2) is 41.7 Å². The number of piperidine rings is 3. The van der Waals surface area contributed by atoms with Crippen LogP contribution in [0.25, 0.3) is 6.08 Å². The van der Waals surface area contributed by atoms with Crippen molar-refractivity contribution in [2.45, 2.75) is 24.5 Å². The molecule has 3 heterocycles. The number of benzene rings is 2. The van der Waals surface area contributed by atoms with E-state index in [1.807, 2.05) is 48.5 Å². The number of nitrogens with zero attached hydrogens (tertiary/aromatic N) is 1. The van der Waals surface area contributed by atoms with Gasteiger partial charge < -0.3 is 9.84 Å². The Morgan fingerprint density at radius 3 is 2.26 bits per heavy atom. The fraction of sp³-hybridized carbons (Fsp3) is 0.348. The number of ether oxygens (including phenoxy) is 1. The van der Waals surface area contributed by atoms with E-state index in [2.05, 4.69) is 4.90 Å². The van der Waals surface area contributed by atoms with Gasteiger partial charge in [0.25, 0.3) is 0 Å². The molecule has 140 valence electrons. The largest absolute Gasteiger partial charge is 0.458 e. The smallest absolute Gasteiger partial charge is 0.347 e. The van der Waals surface area contributed by atoms with Gasteiger partial charge in [-0.1, -0.05) is 66.7 Å². The molecule has 2 unspecified atom stereocenters. The van der Waals surface area contributed by atoms with Crippen LogP contribution in [0.4, 0.5) is 0 Å². The summed E-state index contributed by atoms with van der Waals surface area (Å²) in [6, 6.07) is 18.7. The molecule has 3 fully saturated rings. The summed E-state index contributed by atoms with van der Waals surface area (Å²) in [6.07, 6.45) is 5.29. The Bertz CT molecular complexity index is 797. The highest BCUT2D eigenvalue weighted by molar-refractivity contribution is 5.85. The van der Waals surface area contributed by atoms with Gasteiger partial charge in [-0.25, -0.2) is 4.79 Å². The van der Waals surface area contributed by atoms with E-state index in [1.165, 1.54) is 0 Å². The number of esters is 1. The van der Waals surface area contributed by atoms with Crippen molar-refractivity contribution >= 4 is 12.0 Å². The summed E-state index contributed by atoms with van der Waals surface area (Å²) in [5.74, 6) is -0.197. The Kier molecular flexibility index (Phi) is 5.10. The van der Waals surface area contributed by atoms with Crippen molar-refractivity contribution in [2.75, 3.05) is 19.6 Å². The van der Waals surface area contributed by atoms with E-state index in [0.717, 1.165) is 38.0 Å². The minimum atomic E-state index is -1.80. The van der Waals surface area contributed by atoms with Gasteiger partial charge in [-0.15, -0.1) is 0 Å². The molecule has 5 rings (SSSR count). The lowest BCUT2D eigenvalue weighted by molar-refractivity contribution is -0.176. The third-order valence-corrected chi connectivity index (χ3v) is 5.70. The minimum Gasteiger partial charge on any atom is -0.458 e. The number of fused-ring (bicyclic) bond motifs is 3. The average molecular weight is 363 g/mol. The maximum Gasteiger partial charge on any atom is 0.347 e. The molecule has 0 amide bonds. The molecule has 0 spiro atoms. The van der Waals surface area contributed by atoms with Gasteiger partial charge in [-0.3, -0.25) is 4.90 Å². The molecule has 1 N–H and O–H groups in total. The maximum atomic E-state index is 13.1. The van der Waals surface area contributed by atoms with E-state index in [4.69, 9.17) is 4.74 Å². The second kappa shape index (κ2) is 7.67. The molecule has 2 aromatic carbocycles. The topological polar surface area (TPSA) is 49.8 Å². The predicted octanol–water partition coefficient (Wildman–Crippen LogP) is 3.23. The van der Waals surface area contributed by atoms with Crippen molar-refractivity contribution in [3.8, 4) is 0 Å². The molecule has 2 bridgehead atoms. The molecular formula is C23H25NO3. The van der Waals surface area contributed by atoms with Gasteiger partial charge in [-0.2, -0.15) is 0 Å². The Labute approximate surface area is 160 Å². The highest BCUT2D eigenvalue weighted by Crippen LogP contribution is 2.32. The van der Waals surface area contributed by atoms with Crippen LogP contribution in [0.15, 0.2) is 66.7 Å². The fourth-order valence-corrected chi connectivity index (χ4v) is 4.03. The number of carbonyl (C=O) groups is 1. The van der Waals surface area contributed by atoms with Crippen molar-refractivity contribution in [3.63, 3.8) is 0 Å². The minimum absolute atomic E-state index is 0.139. The Morgan fingerprint density at radius 1 is 1.04 bits per heavy atom. The van der Waals surface area contributed by atoms with Gasteiger partial charge in [0.15, 0.2) is 0 Å². The first-order valence-electron chi connectivity index (χ1n) is 9.61. The van der Waals surface area contributed by atoms with Crippen LogP contribution in [0.5, 0.6) is 0 Å². The van der Waals surface area contributed by atoms with Gasteiger partial charge in [0.1, 0.15) is 6.10 Å². The summed E-state index contributed by atoms with van der Waals surface area (Å²) in [7, 11) is 0. The monoisotopic (exact) mass is 363 g/mol. The Balaban J connectivity index is 1.59. The maximum absolute atomic E-state index is 13.1. The molecular weight excluding hydrogens is 338 g/mol. The fourth-order valence-electron chi connectivity index (χ4n) is 4.03. The first kappa shape index (κ1) is 18.0. The molecule has 27 heavy (non-hydrogen) atoms. The van der Waals surface area contributed by atoms with Gasteiger partial charge in [0.05, 0.1) is 0 Å². The second-order valence-corrected chi connectivity index (χ2v) is 7.46. The zero-order chi connectivity index (χ0) is 18.7. The summed E-state index contributed by atoms with van der Waals surface area (Å²) in [4.78, 5) is 15.4. The normalized spacial score (nSPS) is 26.6. The van der Waals surface area contributed by atoms with Gasteiger partial charge in [0, 0.05) is 6.54 Å². The van der Waals surface area contributed by atoms with Crippen LogP contribution >= 0.6 is 0 Å². The average Bonchev–Trinajstić information content (AvgIpc) is 2.74. The number of rotatable bonds is 5. The summed E-state index contributed by atoms with van der Waals surface area (Å²) < 4.78 is 5.85. The van der Waals surface area contributed by atoms with E-state index in [-0.39, 0.29) is 6.10 Å². The number of aliphatic hydroxyl groups is 1. The summed E-state index contributed by atoms with van der Waals surface area (Å²) in [5.41, 5.74) is -0.366. The molecule has 0 saturated carbocycles. The first-order chi connectivity index (χ1) is 13.1. The molecule has 0 aliphatic carbocycles. The van der Waals surface area contributed by atoms with E-state index >= 15 is 0 Å². The lowest BCUT2D eigenvalue weighted by atomic mass is 9.85. The first-order valence-corrected chi connectivity index (χ1v) is 9.61. The van der Waals surface area contributed by atoms with E-state index < -0.39 is 11.6 Å².